The number of fused-ring (bicyclic) bond motifs is 1. The number of para-hydroxylation sites is 1. The number of hydrogen-bond acceptors (Lipinski definition) is 3. The molecule has 1 amide bonds. The quantitative estimate of drug-likeness (QED) is 0.938. The van der Waals surface area contributed by atoms with Crippen molar-refractivity contribution in [1.82, 2.24) is 4.90 Å². The van der Waals surface area contributed by atoms with E-state index in [1.54, 1.807) is 6.07 Å². The minimum Gasteiger partial charge on any atom is -0.480 e. The minimum atomic E-state index is -0.998. The number of benzene rings is 1. The largest absolute Gasteiger partial charge is 0.480 e. The molecule has 21 heavy (non-hydrogen) atoms. The fraction of sp³-hybridized carbons (Fsp3) is 0.375. The Balaban J connectivity index is 1.98. The van der Waals surface area contributed by atoms with Gasteiger partial charge in [-0.2, -0.15) is 0 Å². The van der Waals surface area contributed by atoms with Gasteiger partial charge in [0.1, 0.15) is 11.6 Å². The molecule has 1 atom stereocenters. The lowest BCUT2D eigenvalue weighted by Crippen LogP contribution is -2.44. The zero-order valence-electron chi connectivity index (χ0n) is 12.0. The van der Waals surface area contributed by atoms with Gasteiger partial charge in [0.05, 0.1) is 0 Å². The number of furan rings is 1. The van der Waals surface area contributed by atoms with Gasteiger partial charge in [0, 0.05) is 11.4 Å². The van der Waals surface area contributed by atoms with Crippen LogP contribution < -0.4 is 0 Å². The molecule has 3 rings (SSSR count). The zero-order chi connectivity index (χ0) is 15.1. The first-order valence-electron chi connectivity index (χ1n) is 7.03. The van der Waals surface area contributed by atoms with Gasteiger partial charge in [-0.05, 0) is 38.3 Å². The normalized spacial score (nSPS) is 15.9. The Hall–Kier alpha value is -2.30. The molecule has 2 aromatic rings. The van der Waals surface area contributed by atoms with E-state index in [0.29, 0.717) is 5.58 Å². The predicted octanol–water partition coefficient (Wildman–Crippen LogP) is 2.82. The van der Waals surface area contributed by atoms with Gasteiger partial charge in [-0.3, -0.25) is 4.79 Å². The molecule has 1 saturated carbocycles. The summed E-state index contributed by atoms with van der Waals surface area (Å²) in [6.07, 6.45) is 1.70. The first kappa shape index (κ1) is 13.7. The molecule has 1 heterocycles. The number of aliphatic carboxylic acids is 1. The van der Waals surface area contributed by atoms with Gasteiger partial charge < -0.3 is 14.4 Å². The predicted molar refractivity (Wildman–Crippen MR) is 77.2 cm³/mol. The number of carboxylic acid groups (broad SMARTS) is 1. The van der Waals surface area contributed by atoms with Crippen molar-refractivity contribution < 1.29 is 19.1 Å². The lowest BCUT2D eigenvalue weighted by molar-refractivity contribution is -0.141. The fourth-order valence-corrected chi connectivity index (χ4v) is 2.57. The highest BCUT2D eigenvalue weighted by molar-refractivity contribution is 5.98. The monoisotopic (exact) mass is 287 g/mol. The maximum atomic E-state index is 12.6. The Morgan fingerprint density at radius 2 is 2.10 bits per heavy atom. The van der Waals surface area contributed by atoms with Crippen LogP contribution in [0.5, 0.6) is 0 Å². The maximum Gasteiger partial charge on any atom is 0.326 e. The first-order chi connectivity index (χ1) is 9.99. The van der Waals surface area contributed by atoms with E-state index in [4.69, 9.17) is 4.42 Å². The molecule has 0 saturated heterocycles. The van der Waals surface area contributed by atoms with E-state index < -0.39 is 12.0 Å². The Bertz CT molecular complexity index is 714. The van der Waals surface area contributed by atoms with Gasteiger partial charge in [-0.1, -0.05) is 18.2 Å². The van der Waals surface area contributed by atoms with Crippen molar-refractivity contribution in [3.63, 3.8) is 0 Å². The van der Waals surface area contributed by atoms with Gasteiger partial charge in [0.25, 0.3) is 5.91 Å². The molecule has 0 aliphatic heterocycles. The Kier molecular flexibility index (Phi) is 3.20. The summed E-state index contributed by atoms with van der Waals surface area (Å²) in [5.41, 5.74) is 1.63. The second-order valence-corrected chi connectivity index (χ2v) is 5.56. The molecule has 1 unspecified atom stereocenters. The minimum absolute atomic E-state index is 0.0120. The average Bonchev–Trinajstić information content (AvgIpc) is 3.16. The summed E-state index contributed by atoms with van der Waals surface area (Å²) in [6.45, 7) is 3.45. The highest BCUT2D eigenvalue weighted by Crippen LogP contribution is 2.32. The van der Waals surface area contributed by atoms with Gasteiger partial charge in [-0.15, -0.1) is 0 Å². The molecular weight excluding hydrogens is 270 g/mol. The zero-order valence-corrected chi connectivity index (χ0v) is 12.0. The van der Waals surface area contributed by atoms with Crippen LogP contribution in [0.2, 0.25) is 0 Å². The maximum absolute atomic E-state index is 12.6. The summed E-state index contributed by atoms with van der Waals surface area (Å²) in [5, 5.41) is 10.0. The number of rotatable bonds is 4. The molecule has 5 nitrogen and oxygen atoms in total. The number of carboxylic acids is 1. The molecule has 1 aromatic carbocycles. The van der Waals surface area contributed by atoms with E-state index in [-0.39, 0.29) is 17.7 Å². The standard InChI is InChI=1S/C16H17NO4/c1-9-4-3-5-11-8-13(21-14(9)11)15(18)17(12-6-7-12)10(2)16(19)20/h3-5,8,10,12H,6-7H2,1-2H3,(H,19,20). The topological polar surface area (TPSA) is 70.8 Å². The van der Waals surface area contributed by atoms with Crippen molar-refractivity contribution in [2.75, 3.05) is 0 Å². The molecule has 1 fully saturated rings. The molecule has 0 bridgehead atoms. The van der Waals surface area contributed by atoms with Crippen LogP contribution in [0.1, 0.15) is 35.9 Å². The van der Waals surface area contributed by atoms with Crippen molar-refractivity contribution in [2.45, 2.75) is 38.8 Å². The van der Waals surface area contributed by atoms with E-state index in [9.17, 15) is 14.7 Å². The molecular formula is C16H17NO4. The SMILES string of the molecule is Cc1cccc2cc(C(=O)N(C3CC3)C(C)C(=O)O)oc12. The van der Waals surface area contributed by atoms with Gasteiger partial charge in [0.15, 0.2) is 5.76 Å². The van der Waals surface area contributed by atoms with Crippen molar-refractivity contribution in [2.24, 2.45) is 0 Å². The highest BCUT2D eigenvalue weighted by atomic mass is 16.4. The molecule has 0 radical (unpaired) electrons. The van der Waals surface area contributed by atoms with E-state index in [1.165, 1.54) is 11.8 Å². The highest BCUT2D eigenvalue weighted by Gasteiger charge is 2.39. The second-order valence-electron chi connectivity index (χ2n) is 5.56. The second kappa shape index (κ2) is 4.91. The van der Waals surface area contributed by atoms with E-state index in [0.717, 1.165) is 23.8 Å². The summed E-state index contributed by atoms with van der Waals surface area (Å²) < 4.78 is 5.67. The number of amides is 1. The van der Waals surface area contributed by atoms with Crippen molar-refractivity contribution >= 4 is 22.8 Å². The van der Waals surface area contributed by atoms with Crippen LogP contribution in [0, 0.1) is 6.92 Å². The van der Waals surface area contributed by atoms with Gasteiger partial charge in [-0.25, -0.2) is 4.79 Å². The van der Waals surface area contributed by atoms with Crippen LogP contribution in [0.3, 0.4) is 0 Å². The third kappa shape index (κ3) is 2.39. The molecule has 5 heteroatoms. The molecule has 1 aromatic heterocycles. The number of carbonyl (C=O) groups is 2. The Labute approximate surface area is 122 Å². The van der Waals surface area contributed by atoms with Crippen LogP contribution >= 0.6 is 0 Å². The van der Waals surface area contributed by atoms with Crippen LogP contribution in [-0.2, 0) is 4.79 Å². The van der Waals surface area contributed by atoms with E-state index in [2.05, 4.69) is 0 Å². The Morgan fingerprint density at radius 3 is 2.67 bits per heavy atom. The number of carbonyl (C=O) groups excluding carboxylic acids is 1. The number of aryl methyl sites for hydroxylation is 1. The summed E-state index contributed by atoms with van der Waals surface area (Å²) >= 11 is 0. The third-order valence-corrected chi connectivity index (χ3v) is 3.90. The fourth-order valence-electron chi connectivity index (χ4n) is 2.57. The Morgan fingerprint density at radius 1 is 1.38 bits per heavy atom. The molecule has 1 N–H and O–H groups in total. The van der Waals surface area contributed by atoms with Crippen molar-refractivity contribution in [3.8, 4) is 0 Å². The van der Waals surface area contributed by atoms with Crippen molar-refractivity contribution in [3.05, 3.63) is 35.6 Å². The summed E-state index contributed by atoms with van der Waals surface area (Å²) in [5.74, 6) is -1.13. The molecule has 1 aliphatic rings. The lowest BCUT2D eigenvalue weighted by Gasteiger charge is -2.25. The van der Waals surface area contributed by atoms with Crippen LogP contribution in [0.4, 0.5) is 0 Å². The average molecular weight is 287 g/mol. The van der Waals surface area contributed by atoms with Crippen LogP contribution in [0.25, 0.3) is 11.0 Å². The summed E-state index contributed by atoms with van der Waals surface area (Å²) in [6, 6.07) is 6.55. The lowest BCUT2D eigenvalue weighted by atomic mass is 10.2. The number of nitrogens with zero attached hydrogens (tertiary/aromatic N) is 1. The summed E-state index contributed by atoms with van der Waals surface area (Å²) in [4.78, 5) is 25.3. The first-order valence-corrected chi connectivity index (χ1v) is 7.03. The smallest absolute Gasteiger partial charge is 0.326 e. The third-order valence-electron chi connectivity index (χ3n) is 3.90. The summed E-state index contributed by atoms with van der Waals surface area (Å²) in [7, 11) is 0. The van der Waals surface area contributed by atoms with E-state index in [1.807, 2.05) is 25.1 Å². The van der Waals surface area contributed by atoms with E-state index >= 15 is 0 Å². The van der Waals surface area contributed by atoms with Gasteiger partial charge >= 0.3 is 5.97 Å². The van der Waals surface area contributed by atoms with Crippen LogP contribution in [-0.4, -0.2) is 34.0 Å². The van der Waals surface area contributed by atoms with Crippen molar-refractivity contribution in [1.29, 1.82) is 0 Å². The number of hydrogen-bond donors (Lipinski definition) is 1. The molecule has 0 spiro atoms. The van der Waals surface area contributed by atoms with Gasteiger partial charge in [0.2, 0.25) is 0 Å². The molecule has 1 aliphatic carbocycles. The molecule has 110 valence electrons. The van der Waals surface area contributed by atoms with Crippen LogP contribution in [0.15, 0.2) is 28.7 Å².